The third-order valence-corrected chi connectivity index (χ3v) is 3.90. The molecule has 0 spiro atoms. The van der Waals surface area contributed by atoms with Crippen LogP contribution in [0, 0.1) is 10.2 Å². The number of benzene rings is 1. The molecule has 5 nitrogen and oxygen atoms in total. The fraction of sp³-hybridized carbons (Fsp3) is 0.438. The van der Waals surface area contributed by atoms with Crippen molar-refractivity contribution in [1.29, 1.82) is 0 Å². The van der Waals surface area contributed by atoms with E-state index in [1.807, 2.05) is 0 Å². The number of carbonyl (C=O) groups excluding carboxylic acids is 1. The molecule has 0 aliphatic carbocycles. The molecular formula is C16H21N3O2S. The number of fused-ring (bicyclic) bond motifs is 1. The summed E-state index contributed by atoms with van der Waals surface area (Å²) >= 11 is 5.09. The number of nitrogens with zero attached hydrogens (tertiary/aromatic N) is 1. The Morgan fingerprint density at radius 1 is 1.36 bits per heavy atom. The third-order valence-electron chi connectivity index (χ3n) is 3.52. The van der Waals surface area contributed by atoms with Crippen molar-refractivity contribution < 1.29 is 4.79 Å². The van der Waals surface area contributed by atoms with Crippen LogP contribution in [0.4, 0.5) is 0 Å². The lowest BCUT2D eigenvalue weighted by Crippen LogP contribution is -2.27. The molecule has 0 aliphatic heterocycles. The summed E-state index contributed by atoms with van der Waals surface area (Å²) in [5.74, 6) is -0.147. The number of H-pyrrole nitrogens is 1. The van der Waals surface area contributed by atoms with Gasteiger partial charge in [0, 0.05) is 19.2 Å². The molecule has 0 saturated heterocycles. The number of aromatic amines is 1. The number of carbonyl (C=O) groups is 1. The van der Waals surface area contributed by atoms with E-state index < -0.39 is 0 Å². The Kier molecular flexibility index (Phi) is 4.51. The van der Waals surface area contributed by atoms with Crippen LogP contribution in [0.3, 0.4) is 0 Å². The molecule has 2 rings (SSSR count). The molecule has 0 unspecified atom stereocenters. The molecule has 22 heavy (non-hydrogen) atoms. The highest BCUT2D eigenvalue weighted by molar-refractivity contribution is 7.71. The van der Waals surface area contributed by atoms with Crippen LogP contribution in [0.15, 0.2) is 23.0 Å². The fourth-order valence-corrected chi connectivity index (χ4v) is 2.29. The van der Waals surface area contributed by atoms with Gasteiger partial charge < -0.3 is 10.3 Å². The molecule has 2 aromatic rings. The smallest absolute Gasteiger partial charge is 0.261 e. The Balaban J connectivity index is 2.26. The van der Waals surface area contributed by atoms with Crippen molar-refractivity contribution in [1.82, 2.24) is 14.9 Å². The van der Waals surface area contributed by atoms with Gasteiger partial charge in [0.2, 0.25) is 0 Å². The first kappa shape index (κ1) is 16.4. The molecular weight excluding hydrogens is 298 g/mol. The highest BCUT2D eigenvalue weighted by atomic mass is 32.1. The van der Waals surface area contributed by atoms with Gasteiger partial charge in [-0.25, -0.2) is 0 Å². The monoisotopic (exact) mass is 319 g/mol. The van der Waals surface area contributed by atoms with Crippen molar-refractivity contribution in [2.75, 3.05) is 6.54 Å². The third kappa shape index (κ3) is 3.62. The van der Waals surface area contributed by atoms with Crippen LogP contribution in [0.1, 0.15) is 37.6 Å². The van der Waals surface area contributed by atoms with E-state index in [0.29, 0.717) is 27.8 Å². The van der Waals surface area contributed by atoms with E-state index >= 15 is 0 Å². The molecule has 0 saturated carbocycles. The van der Waals surface area contributed by atoms with Crippen LogP contribution in [0.25, 0.3) is 10.9 Å². The predicted molar refractivity (Wildman–Crippen MR) is 90.8 cm³/mol. The molecule has 118 valence electrons. The molecule has 0 atom stereocenters. The van der Waals surface area contributed by atoms with Gasteiger partial charge in [0.25, 0.3) is 11.5 Å². The number of nitrogens with one attached hydrogen (secondary N) is 2. The molecule has 0 aliphatic rings. The second-order valence-electron chi connectivity index (χ2n) is 6.62. The van der Waals surface area contributed by atoms with Crippen molar-refractivity contribution in [2.45, 2.75) is 27.2 Å². The molecule has 1 amide bonds. The minimum atomic E-state index is -0.168. The van der Waals surface area contributed by atoms with Crippen LogP contribution in [0.5, 0.6) is 0 Å². The average molecular weight is 319 g/mol. The molecule has 1 heterocycles. The maximum Gasteiger partial charge on any atom is 0.261 e. The van der Waals surface area contributed by atoms with E-state index in [1.165, 1.54) is 4.57 Å². The average Bonchev–Trinajstić information content (AvgIpc) is 2.43. The van der Waals surface area contributed by atoms with E-state index in [1.54, 1.807) is 25.2 Å². The van der Waals surface area contributed by atoms with Crippen molar-refractivity contribution in [3.63, 3.8) is 0 Å². The van der Waals surface area contributed by atoms with Crippen LogP contribution < -0.4 is 10.9 Å². The summed E-state index contributed by atoms with van der Waals surface area (Å²) in [5.41, 5.74) is 1.10. The van der Waals surface area contributed by atoms with E-state index in [9.17, 15) is 9.59 Å². The Bertz CT molecular complexity index is 828. The molecule has 0 radical (unpaired) electrons. The summed E-state index contributed by atoms with van der Waals surface area (Å²) in [6.07, 6.45) is 0.898. The summed E-state index contributed by atoms with van der Waals surface area (Å²) in [4.78, 5) is 27.2. The van der Waals surface area contributed by atoms with Gasteiger partial charge in [-0.3, -0.25) is 14.2 Å². The Labute approximate surface area is 134 Å². The van der Waals surface area contributed by atoms with Crippen molar-refractivity contribution in [3.8, 4) is 0 Å². The van der Waals surface area contributed by atoms with Gasteiger partial charge in [0.15, 0.2) is 4.77 Å². The Morgan fingerprint density at radius 3 is 2.68 bits per heavy atom. The Morgan fingerprint density at radius 2 is 2.05 bits per heavy atom. The summed E-state index contributed by atoms with van der Waals surface area (Å²) in [7, 11) is 1.62. The number of aromatic nitrogens is 2. The van der Waals surface area contributed by atoms with Gasteiger partial charge in [-0.1, -0.05) is 20.8 Å². The first-order valence-electron chi connectivity index (χ1n) is 7.20. The highest BCUT2D eigenvalue weighted by Crippen LogP contribution is 2.17. The second kappa shape index (κ2) is 6.04. The lowest BCUT2D eigenvalue weighted by Gasteiger charge is -2.18. The van der Waals surface area contributed by atoms with E-state index in [4.69, 9.17) is 12.2 Å². The van der Waals surface area contributed by atoms with Crippen LogP contribution in [0.2, 0.25) is 0 Å². The topological polar surface area (TPSA) is 66.9 Å². The minimum Gasteiger partial charge on any atom is -0.352 e. The lowest BCUT2D eigenvalue weighted by atomic mass is 9.92. The van der Waals surface area contributed by atoms with Gasteiger partial charge in [-0.05, 0) is 42.3 Å². The summed E-state index contributed by atoms with van der Waals surface area (Å²) in [6.45, 7) is 7.01. The van der Waals surface area contributed by atoms with Crippen LogP contribution in [-0.2, 0) is 7.05 Å². The SMILES string of the molecule is Cn1c(=S)[nH]c2cc(C(=O)NCCC(C)(C)C)ccc2c1=O. The molecule has 2 N–H and O–H groups in total. The van der Waals surface area contributed by atoms with Crippen molar-refractivity contribution in [3.05, 3.63) is 38.9 Å². The quantitative estimate of drug-likeness (QED) is 0.855. The summed E-state index contributed by atoms with van der Waals surface area (Å²) in [5, 5.41) is 3.41. The number of hydrogen-bond donors (Lipinski definition) is 2. The van der Waals surface area contributed by atoms with Gasteiger partial charge in [0.1, 0.15) is 0 Å². The molecule has 1 aromatic carbocycles. The van der Waals surface area contributed by atoms with Crippen LogP contribution >= 0.6 is 12.2 Å². The van der Waals surface area contributed by atoms with Gasteiger partial charge in [-0.2, -0.15) is 0 Å². The van der Waals surface area contributed by atoms with Crippen molar-refractivity contribution >= 4 is 29.0 Å². The zero-order chi connectivity index (χ0) is 16.5. The second-order valence-corrected chi connectivity index (χ2v) is 7.01. The standard InChI is InChI=1S/C16H21N3O2S/c1-16(2,3)7-8-17-13(20)10-5-6-11-12(9-10)18-15(22)19(4)14(11)21/h5-6,9H,7-8H2,1-4H3,(H,17,20)(H,18,22). The van der Waals surface area contributed by atoms with E-state index in [0.717, 1.165) is 6.42 Å². The number of hydrogen-bond acceptors (Lipinski definition) is 3. The maximum absolute atomic E-state index is 12.2. The number of amides is 1. The van der Waals surface area contributed by atoms with E-state index in [2.05, 4.69) is 31.1 Å². The normalized spacial score (nSPS) is 11.6. The molecule has 0 fully saturated rings. The zero-order valence-corrected chi connectivity index (χ0v) is 14.1. The lowest BCUT2D eigenvalue weighted by molar-refractivity contribution is 0.0949. The summed E-state index contributed by atoms with van der Waals surface area (Å²) < 4.78 is 1.71. The van der Waals surface area contributed by atoms with Gasteiger partial charge in [0.05, 0.1) is 10.9 Å². The largest absolute Gasteiger partial charge is 0.352 e. The van der Waals surface area contributed by atoms with Crippen molar-refractivity contribution in [2.24, 2.45) is 12.5 Å². The van der Waals surface area contributed by atoms with E-state index in [-0.39, 0.29) is 16.9 Å². The number of rotatable bonds is 3. The maximum atomic E-state index is 12.2. The first-order valence-corrected chi connectivity index (χ1v) is 7.61. The predicted octanol–water partition coefficient (Wildman–Crippen LogP) is 2.76. The first-order chi connectivity index (χ1) is 10.2. The molecule has 1 aromatic heterocycles. The molecule has 0 bridgehead atoms. The van der Waals surface area contributed by atoms with Gasteiger partial charge in [-0.15, -0.1) is 0 Å². The fourth-order valence-electron chi connectivity index (χ4n) is 2.10. The van der Waals surface area contributed by atoms with Crippen LogP contribution in [-0.4, -0.2) is 22.0 Å². The highest BCUT2D eigenvalue weighted by Gasteiger charge is 2.12. The summed E-state index contributed by atoms with van der Waals surface area (Å²) in [6, 6.07) is 4.98. The Hall–Kier alpha value is -1.95. The zero-order valence-electron chi connectivity index (χ0n) is 13.3. The minimum absolute atomic E-state index is 0.147. The van der Waals surface area contributed by atoms with Gasteiger partial charge >= 0.3 is 0 Å². The molecule has 6 heteroatoms.